The van der Waals surface area contributed by atoms with Gasteiger partial charge in [-0.25, -0.2) is 14.9 Å². The zero-order valence-corrected chi connectivity index (χ0v) is 22.0. The number of nitrogens with one attached hydrogen (secondary N) is 1. The number of amidine groups is 2. The zero-order chi connectivity index (χ0) is 26.9. The number of amides is 2. The number of nitrogens with zero attached hydrogens (tertiary/aromatic N) is 5. The average Bonchev–Trinajstić information content (AvgIpc) is 3.58. The van der Waals surface area contributed by atoms with E-state index < -0.39 is 6.04 Å². The van der Waals surface area contributed by atoms with E-state index >= 15 is 0 Å². The van der Waals surface area contributed by atoms with Crippen molar-refractivity contribution in [1.82, 2.24) is 19.6 Å². The van der Waals surface area contributed by atoms with Gasteiger partial charge in [-0.1, -0.05) is 35.5 Å². The van der Waals surface area contributed by atoms with Crippen molar-refractivity contribution in [3.8, 4) is 0 Å². The van der Waals surface area contributed by atoms with Gasteiger partial charge in [0.15, 0.2) is 5.17 Å². The molecule has 0 spiro atoms. The summed E-state index contributed by atoms with van der Waals surface area (Å²) in [5.41, 5.74) is 2.21. The Morgan fingerprint density at radius 3 is 2.85 bits per heavy atom. The van der Waals surface area contributed by atoms with Crippen molar-refractivity contribution < 1.29 is 14.0 Å². The third-order valence-electron chi connectivity index (χ3n) is 6.26. The molecule has 10 nitrogen and oxygen atoms in total. The number of furan rings is 1. The highest BCUT2D eigenvalue weighted by molar-refractivity contribution is 8.13. The van der Waals surface area contributed by atoms with Crippen LogP contribution in [0.3, 0.4) is 0 Å². The molecule has 5 heterocycles. The lowest BCUT2D eigenvalue weighted by atomic mass is 10.1. The zero-order valence-electron chi connectivity index (χ0n) is 20.4. The first-order chi connectivity index (χ1) is 19.0. The van der Waals surface area contributed by atoms with Crippen LogP contribution in [0.4, 0.5) is 5.69 Å². The molecule has 39 heavy (non-hydrogen) atoms. The fourth-order valence-electron chi connectivity index (χ4n) is 4.38. The second-order valence-corrected chi connectivity index (χ2v) is 10.3. The minimum Gasteiger partial charge on any atom is -0.467 e. The molecule has 2 amide bonds. The number of aromatic nitrogens is 2. The van der Waals surface area contributed by atoms with Crippen molar-refractivity contribution in [3.05, 3.63) is 99.5 Å². The largest absolute Gasteiger partial charge is 0.467 e. The van der Waals surface area contributed by atoms with Gasteiger partial charge in [0.05, 0.1) is 29.2 Å². The average molecular weight is 561 g/mol. The lowest BCUT2D eigenvalue weighted by Crippen LogP contribution is -2.41. The van der Waals surface area contributed by atoms with Gasteiger partial charge in [-0.05, 0) is 42.8 Å². The van der Waals surface area contributed by atoms with Gasteiger partial charge in [0.2, 0.25) is 5.91 Å². The summed E-state index contributed by atoms with van der Waals surface area (Å²) in [6.07, 6.45) is 3.46. The molecule has 0 bridgehead atoms. The van der Waals surface area contributed by atoms with E-state index in [-0.39, 0.29) is 36.8 Å². The number of hydrogen-bond donors (Lipinski definition) is 1. The van der Waals surface area contributed by atoms with Crippen LogP contribution in [-0.4, -0.2) is 43.1 Å². The summed E-state index contributed by atoms with van der Waals surface area (Å²) >= 11 is 7.30. The normalized spacial score (nSPS) is 16.1. The highest BCUT2D eigenvalue weighted by Gasteiger charge is 2.41. The quantitative estimate of drug-likeness (QED) is 0.365. The summed E-state index contributed by atoms with van der Waals surface area (Å²) in [5.74, 6) is 1.04. The SMILES string of the molecule is O=C(CCC1N=C2c3ccccc3N=C(SCc3cc(=O)n4cc(Cl)ccc4n3)N2C1=O)NCc1ccco1. The monoisotopic (exact) mass is 560 g/mol. The Morgan fingerprint density at radius 2 is 2.00 bits per heavy atom. The number of carbonyl (C=O) groups is 2. The third-order valence-corrected chi connectivity index (χ3v) is 7.45. The molecule has 1 unspecified atom stereocenters. The van der Waals surface area contributed by atoms with Crippen molar-refractivity contribution in [3.63, 3.8) is 0 Å². The van der Waals surface area contributed by atoms with Crippen LogP contribution >= 0.6 is 23.4 Å². The van der Waals surface area contributed by atoms with Crippen molar-refractivity contribution in [1.29, 1.82) is 0 Å². The maximum Gasteiger partial charge on any atom is 0.259 e. The Labute approximate surface area is 231 Å². The van der Waals surface area contributed by atoms with Gasteiger partial charge in [-0.15, -0.1) is 0 Å². The molecule has 0 radical (unpaired) electrons. The van der Waals surface area contributed by atoms with Gasteiger partial charge in [-0.3, -0.25) is 23.8 Å². The highest BCUT2D eigenvalue weighted by Crippen LogP contribution is 2.35. The highest BCUT2D eigenvalue weighted by atomic mass is 35.5. The van der Waals surface area contributed by atoms with E-state index in [0.717, 1.165) is 5.56 Å². The summed E-state index contributed by atoms with van der Waals surface area (Å²) in [4.78, 5) is 53.9. The maximum atomic E-state index is 13.5. The molecule has 1 N–H and O–H groups in total. The summed E-state index contributed by atoms with van der Waals surface area (Å²) in [5, 5.41) is 3.68. The number of fused-ring (bicyclic) bond motifs is 4. The molecule has 6 rings (SSSR count). The maximum absolute atomic E-state index is 13.5. The Morgan fingerprint density at radius 1 is 1.13 bits per heavy atom. The molecule has 3 aromatic heterocycles. The summed E-state index contributed by atoms with van der Waals surface area (Å²) in [6, 6.07) is 15.1. The first-order valence-electron chi connectivity index (χ1n) is 12.2. The molecule has 0 saturated heterocycles. The number of halogens is 1. The van der Waals surface area contributed by atoms with E-state index in [4.69, 9.17) is 26.0 Å². The van der Waals surface area contributed by atoms with Crippen molar-refractivity contribution in [2.45, 2.75) is 31.2 Å². The summed E-state index contributed by atoms with van der Waals surface area (Å²) < 4.78 is 6.62. The van der Waals surface area contributed by atoms with Crippen LogP contribution < -0.4 is 10.9 Å². The lowest BCUT2D eigenvalue weighted by Gasteiger charge is -2.25. The van der Waals surface area contributed by atoms with Gasteiger partial charge < -0.3 is 9.73 Å². The molecule has 0 fully saturated rings. The number of thioether (sulfide) groups is 1. The Hall–Kier alpha value is -4.22. The number of para-hydroxylation sites is 1. The van der Waals surface area contributed by atoms with E-state index in [0.29, 0.717) is 44.6 Å². The summed E-state index contributed by atoms with van der Waals surface area (Å²) in [6.45, 7) is 0.283. The molecule has 0 saturated carbocycles. The second-order valence-electron chi connectivity index (χ2n) is 8.90. The van der Waals surface area contributed by atoms with Crippen LogP contribution in [-0.2, 0) is 21.9 Å². The first kappa shape index (κ1) is 25.1. The van der Waals surface area contributed by atoms with Gasteiger partial charge in [-0.2, -0.15) is 0 Å². The molecule has 12 heteroatoms. The predicted octanol–water partition coefficient (Wildman–Crippen LogP) is 3.93. The topological polar surface area (TPSA) is 122 Å². The fourth-order valence-corrected chi connectivity index (χ4v) is 5.43. The lowest BCUT2D eigenvalue weighted by molar-refractivity contribution is -0.125. The van der Waals surface area contributed by atoms with E-state index in [1.165, 1.54) is 33.3 Å². The van der Waals surface area contributed by atoms with E-state index in [1.54, 1.807) is 30.5 Å². The Balaban J connectivity index is 1.19. The van der Waals surface area contributed by atoms with Crippen molar-refractivity contribution in [2.24, 2.45) is 9.98 Å². The number of carbonyl (C=O) groups excluding carboxylic acids is 2. The number of aliphatic imine (C=N–C) groups is 2. The molecule has 1 atom stereocenters. The van der Waals surface area contributed by atoms with Gasteiger partial charge in [0.1, 0.15) is 23.3 Å². The van der Waals surface area contributed by atoms with Crippen LogP contribution in [0.25, 0.3) is 5.65 Å². The standard InChI is InChI=1S/C27H21ClN6O4S/c28-16-7-9-22-30-17(12-24(36)33(22)14-16)15-39-27-32-20-6-2-1-5-19(20)25-31-21(26(37)34(25)27)8-10-23(35)29-13-18-4-3-11-38-18/h1-7,9,11-12,14,21H,8,10,13,15H2,(H,29,35). The van der Waals surface area contributed by atoms with Crippen LogP contribution in [0, 0.1) is 0 Å². The predicted molar refractivity (Wildman–Crippen MR) is 148 cm³/mol. The smallest absolute Gasteiger partial charge is 0.259 e. The van der Waals surface area contributed by atoms with Crippen molar-refractivity contribution >= 4 is 57.5 Å². The number of pyridine rings is 1. The number of hydrogen-bond acceptors (Lipinski definition) is 8. The minimum absolute atomic E-state index is 0.137. The number of benzene rings is 1. The van der Waals surface area contributed by atoms with Gasteiger partial charge in [0.25, 0.3) is 11.5 Å². The molecular weight excluding hydrogens is 540 g/mol. The van der Waals surface area contributed by atoms with Crippen molar-refractivity contribution in [2.75, 3.05) is 0 Å². The van der Waals surface area contributed by atoms with E-state index in [9.17, 15) is 14.4 Å². The van der Waals surface area contributed by atoms with Crippen LogP contribution in [0.2, 0.25) is 5.02 Å². The van der Waals surface area contributed by atoms with Gasteiger partial charge >= 0.3 is 0 Å². The molecule has 196 valence electrons. The third kappa shape index (κ3) is 5.10. The van der Waals surface area contributed by atoms with Crippen LogP contribution in [0.15, 0.2) is 86.3 Å². The minimum atomic E-state index is -0.709. The van der Waals surface area contributed by atoms with Crippen LogP contribution in [0.5, 0.6) is 0 Å². The fraction of sp³-hybridized carbons (Fsp3) is 0.185. The Bertz CT molecular complexity index is 1720. The molecular formula is C27H21ClN6O4S. The molecule has 1 aromatic carbocycles. The van der Waals surface area contributed by atoms with Gasteiger partial charge in [0, 0.05) is 30.0 Å². The molecule has 2 aliphatic rings. The number of rotatable bonds is 7. The Kier molecular flexibility index (Phi) is 6.76. The molecule has 4 aromatic rings. The van der Waals surface area contributed by atoms with E-state index in [2.05, 4.69) is 10.3 Å². The van der Waals surface area contributed by atoms with Crippen LogP contribution in [0.1, 0.15) is 29.9 Å². The second kappa shape index (κ2) is 10.5. The molecule has 0 aliphatic carbocycles. The van der Waals surface area contributed by atoms with E-state index in [1.807, 2.05) is 24.3 Å². The molecule has 2 aliphatic heterocycles. The first-order valence-corrected chi connectivity index (χ1v) is 13.5. The summed E-state index contributed by atoms with van der Waals surface area (Å²) in [7, 11) is 0.